The van der Waals surface area contributed by atoms with Gasteiger partial charge in [-0.15, -0.1) is 0 Å². The van der Waals surface area contributed by atoms with E-state index in [4.69, 9.17) is 0 Å². The van der Waals surface area contributed by atoms with Crippen LogP contribution in [0.1, 0.15) is 33.1 Å². The number of hydrogen-bond acceptors (Lipinski definition) is 3. The third-order valence-corrected chi connectivity index (χ3v) is 6.94. The Morgan fingerprint density at radius 3 is 2.11 bits per heavy atom. The van der Waals surface area contributed by atoms with Crippen LogP contribution < -0.4 is 0 Å². The molecule has 0 saturated carbocycles. The second kappa shape index (κ2) is 5.68. The van der Waals surface area contributed by atoms with Gasteiger partial charge in [-0.25, -0.2) is 0 Å². The Bertz CT molecular complexity index is 398. The molecule has 0 aromatic carbocycles. The molecule has 2 rings (SSSR count). The molecule has 0 atom stereocenters. The largest absolute Gasteiger partial charge is 0.306 e. The molecule has 6 heteroatoms. The van der Waals surface area contributed by atoms with Crippen molar-refractivity contribution in [1.29, 1.82) is 0 Å². The number of hydrogen-bond donors (Lipinski definition) is 0. The topological polar surface area (TPSA) is 43.9 Å². The molecule has 0 radical (unpaired) electrons. The van der Waals surface area contributed by atoms with Crippen LogP contribution in [-0.2, 0) is 10.2 Å². The standard InChI is InChI=1S/C13H27N3O2S/c1-4-15(5-2)19(17,18)16-11-8-13(12-16)6-9-14(3)10-7-13/h4-12H2,1-3H3. The molecule has 0 amide bonds. The van der Waals surface area contributed by atoms with E-state index in [9.17, 15) is 8.42 Å². The quantitative estimate of drug-likeness (QED) is 0.775. The predicted molar refractivity (Wildman–Crippen MR) is 77.2 cm³/mol. The third kappa shape index (κ3) is 2.96. The van der Waals surface area contributed by atoms with Crippen molar-refractivity contribution in [3.8, 4) is 0 Å². The molecule has 5 nitrogen and oxygen atoms in total. The van der Waals surface area contributed by atoms with E-state index in [0.29, 0.717) is 19.6 Å². The van der Waals surface area contributed by atoms with Gasteiger partial charge in [0.2, 0.25) is 0 Å². The Morgan fingerprint density at radius 1 is 1.05 bits per heavy atom. The third-order valence-electron chi connectivity index (χ3n) is 4.81. The molecule has 0 unspecified atom stereocenters. The second-order valence-corrected chi connectivity index (χ2v) is 7.91. The average molecular weight is 289 g/mol. The molecule has 112 valence electrons. The van der Waals surface area contributed by atoms with Crippen molar-refractivity contribution in [2.24, 2.45) is 5.41 Å². The van der Waals surface area contributed by atoms with E-state index in [-0.39, 0.29) is 5.41 Å². The van der Waals surface area contributed by atoms with E-state index in [2.05, 4.69) is 11.9 Å². The van der Waals surface area contributed by atoms with Crippen molar-refractivity contribution < 1.29 is 8.42 Å². The van der Waals surface area contributed by atoms with Crippen LogP contribution in [0.15, 0.2) is 0 Å². The van der Waals surface area contributed by atoms with E-state index in [1.807, 2.05) is 13.8 Å². The smallest absolute Gasteiger partial charge is 0.281 e. The van der Waals surface area contributed by atoms with E-state index in [1.54, 1.807) is 8.61 Å². The fraction of sp³-hybridized carbons (Fsp3) is 1.00. The molecule has 0 N–H and O–H groups in total. The normalized spacial score (nSPS) is 25.5. The summed E-state index contributed by atoms with van der Waals surface area (Å²) >= 11 is 0. The molecule has 0 aromatic heterocycles. The van der Waals surface area contributed by atoms with Gasteiger partial charge in [-0.2, -0.15) is 17.0 Å². The predicted octanol–water partition coefficient (Wildman–Crippen LogP) is 0.991. The first-order chi connectivity index (χ1) is 8.93. The van der Waals surface area contributed by atoms with Gasteiger partial charge < -0.3 is 4.90 Å². The minimum absolute atomic E-state index is 0.243. The highest BCUT2D eigenvalue weighted by atomic mass is 32.2. The Labute approximate surface area is 117 Å². The van der Waals surface area contributed by atoms with Gasteiger partial charge in [0.15, 0.2) is 0 Å². The highest BCUT2D eigenvalue weighted by Crippen LogP contribution is 2.41. The van der Waals surface area contributed by atoms with Gasteiger partial charge in [-0.3, -0.25) is 0 Å². The molecular weight excluding hydrogens is 262 g/mol. The van der Waals surface area contributed by atoms with Gasteiger partial charge in [0, 0.05) is 26.2 Å². The lowest BCUT2D eigenvalue weighted by Crippen LogP contribution is -2.45. The summed E-state index contributed by atoms with van der Waals surface area (Å²) in [6.45, 7) is 8.54. The molecular formula is C13H27N3O2S. The SMILES string of the molecule is CCN(CC)S(=O)(=O)N1CCC2(CCN(C)CC2)C1. The summed E-state index contributed by atoms with van der Waals surface area (Å²) in [5, 5.41) is 0. The summed E-state index contributed by atoms with van der Waals surface area (Å²) in [6, 6.07) is 0. The monoisotopic (exact) mass is 289 g/mol. The fourth-order valence-electron chi connectivity index (χ4n) is 3.31. The van der Waals surface area contributed by atoms with Crippen LogP contribution in [0.2, 0.25) is 0 Å². The molecule has 1 spiro atoms. The molecule has 2 saturated heterocycles. The lowest BCUT2D eigenvalue weighted by Gasteiger charge is -2.38. The summed E-state index contributed by atoms with van der Waals surface area (Å²) in [5.41, 5.74) is 0.243. The summed E-state index contributed by atoms with van der Waals surface area (Å²) in [5.74, 6) is 0. The van der Waals surface area contributed by atoms with Gasteiger partial charge in [0.1, 0.15) is 0 Å². The zero-order valence-electron chi connectivity index (χ0n) is 12.4. The first-order valence-corrected chi connectivity index (χ1v) is 8.77. The highest BCUT2D eigenvalue weighted by molar-refractivity contribution is 7.86. The molecule has 2 heterocycles. The number of likely N-dealkylation sites (tertiary alicyclic amines) is 1. The zero-order valence-corrected chi connectivity index (χ0v) is 13.2. The molecule has 2 fully saturated rings. The van der Waals surface area contributed by atoms with E-state index >= 15 is 0 Å². The van der Waals surface area contributed by atoms with Crippen molar-refractivity contribution >= 4 is 10.2 Å². The Balaban J connectivity index is 2.06. The van der Waals surface area contributed by atoms with Crippen LogP contribution in [0.25, 0.3) is 0 Å². The Morgan fingerprint density at radius 2 is 1.58 bits per heavy atom. The fourth-order valence-corrected chi connectivity index (χ4v) is 5.04. The lowest BCUT2D eigenvalue weighted by molar-refractivity contribution is 0.134. The van der Waals surface area contributed by atoms with Crippen molar-refractivity contribution in [2.45, 2.75) is 33.1 Å². The molecule has 0 bridgehead atoms. The van der Waals surface area contributed by atoms with Crippen molar-refractivity contribution in [2.75, 3.05) is 46.3 Å². The lowest BCUT2D eigenvalue weighted by atomic mass is 9.78. The summed E-state index contributed by atoms with van der Waals surface area (Å²) in [6.07, 6.45) is 3.29. The Kier molecular flexibility index (Phi) is 4.55. The molecule has 0 aromatic rings. The second-order valence-electron chi connectivity index (χ2n) is 5.98. The average Bonchev–Trinajstić information content (AvgIpc) is 2.80. The maximum Gasteiger partial charge on any atom is 0.281 e. The summed E-state index contributed by atoms with van der Waals surface area (Å²) < 4.78 is 28.3. The van der Waals surface area contributed by atoms with Gasteiger partial charge in [-0.1, -0.05) is 13.8 Å². The minimum atomic E-state index is -3.24. The summed E-state index contributed by atoms with van der Waals surface area (Å²) in [4.78, 5) is 2.34. The minimum Gasteiger partial charge on any atom is -0.306 e. The van der Waals surface area contributed by atoms with Crippen molar-refractivity contribution in [1.82, 2.24) is 13.5 Å². The van der Waals surface area contributed by atoms with Crippen molar-refractivity contribution in [3.05, 3.63) is 0 Å². The van der Waals surface area contributed by atoms with E-state index in [1.165, 1.54) is 0 Å². The van der Waals surface area contributed by atoms with Crippen LogP contribution in [-0.4, -0.2) is 68.2 Å². The first-order valence-electron chi connectivity index (χ1n) is 7.37. The van der Waals surface area contributed by atoms with Gasteiger partial charge >= 0.3 is 0 Å². The highest BCUT2D eigenvalue weighted by Gasteiger charge is 2.44. The zero-order chi connectivity index (χ0) is 14.1. The molecule has 2 aliphatic rings. The van der Waals surface area contributed by atoms with Crippen LogP contribution in [0.4, 0.5) is 0 Å². The van der Waals surface area contributed by atoms with E-state index in [0.717, 1.165) is 38.9 Å². The molecule has 0 aliphatic carbocycles. The van der Waals surface area contributed by atoms with Gasteiger partial charge in [0.05, 0.1) is 0 Å². The van der Waals surface area contributed by atoms with Crippen LogP contribution in [0.3, 0.4) is 0 Å². The maximum atomic E-state index is 12.5. The van der Waals surface area contributed by atoms with Gasteiger partial charge in [0.25, 0.3) is 10.2 Å². The van der Waals surface area contributed by atoms with Crippen LogP contribution in [0.5, 0.6) is 0 Å². The van der Waals surface area contributed by atoms with Crippen LogP contribution in [0, 0.1) is 5.41 Å². The number of rotatable bonds is 4. The van der Waals surface area contributed by atoms with Crippen molar-refractivity contribution in [3.63, 3.8) is 0 Å². The number of piperidine rings is 1. The Hall–Kier alpha value is -0.170. The van der Waals surface area contributed by atoms with E-state index < -0.39 is 10.2 Å². The van der Waals surface area contributed by atoms with Gasteiger partial charge in [-0.05, 0) is 44.8 Å². The first kappa shape index (κ1) is 15.2. The summed E-state index contributed by atoms with van der Waals surface area (Å²) in [7, 11) is -1.09. The maximum absolute atomic E-state index is 12.5. The van der Waals surface area contributed by atoms with Crippen LogP contribution >= 0.6 is 0 Å². The molecule has 2 aliphatic heterocycles. The molecule has 19 heavy (non-hydrogen) atoms. The number of nitrogens with zero attached hydrogens (tertiary/aromatic N) is 3.